The zero-order valence-corrected chi connectivity index (χ0v) is 12.1. The molecule has 0 aliphatic heterocycles. The predicted octanol–water partition coefficient (Wildman–Crippen LogP) is 3.57. The molecule has 0 bridgehead atoms. The van der Waals surface area contributed by atoms with Crippen LogP contribution in [0, 0.1) is 0 Å². The summed E-state index contributed by atoms with van der Waals surface area (Å²) in [4.78, 5) is 7.51. The smallest absolute Gasteiger partial charge is 0.387 e. The summed E-state index contributed by atoms with van der Waals surface area (Å²) in [6.45, 7) is 2.10. The second kappa shape index (κ2) is 7.17. The SMILES string of the molecule is CCC(C)NCc1ncc(-c2ccc(OC(F)F)cc2)[nH]1. The van der Waals surface area contributed by atoms with Crippen LogP contribution in [0.4, 0.5) is 8.78 Å². The number of aromatic amines is 1. The van der Waals surface area contributed by atoms with Crippen molar-refractivity contribution in [1.29, 1.82) is 0 Å². The molecule has 21 heavy (non-hydrogen) atoms. The van der Waals surface area contributed by atoms with Gasteiger partial charge < -0.3 is 15.0 Å². The molecule has 0 aliphatic carbocycles. The zero-order chi connectivity index (χ0) is 15.2. The third-order valence-corrected chi connectivity index (χ3v) is 3.25. The van der Waals surface area contributed by atoms with Gasteiger partial charge in [-0.05, 0) is 43.2 Å². The van der Waals surface area contributed by atoms with E-state index in [9.17, 15) is 8.78 Å². The highest BCUT2D eigenvalue weighted by molar-refractivity contribution is 5.59. The van der Waals surface area contributed by atoms with Crippen molar-refractivity contribution in [2.24, 2.45) is 0 Å². The molecule has 1 aromatic carbocycles. The van der Waals surface area contributed by atoms with Crippen molar-refractivity contribution in [2.45, 2.75) is 39.5 Å². The Bertz CT molecular complexity index is 554. The molecular formula is C15H19F2N3O. The molecule has 0 radical (unpaired) electrons. The number of nitrogens with zero attached hydrogens (tertiary/aromatic N) is 1. The highest BCUT2D eigenvalue weighted by Crippen LogP contribution is 2.21. The largest absolute Gasteiger partial charge is 0.435 e. The van der Waals surface area contributed by atoms with Gasteiger partial charge in [-0.15, -0.1) is 0 Å². The number of hydrogen-bond donors (Lipinski definition) is 2. The lowest BCUT2D eigenvalue weighted by molar-refractivity contribution is -0.0498. The van der Waals surface area contributed by atoms with Crippen LogP contribution in [-0.2, 0) is 6.54 Å². The molecule has 4 nitrogen and oxygen atoms in total. The summed E-state index contributed by atoms with van der Waals surface area (Å²) >= 11 is 0. The van der Waals surface area contributed by atoms with Crippen LogP contribution in [0.5, 0.6) is 5.75 Å². The van der Waals surface area contributed by atoms with Crippen LogP contribution in [0.1, 0.15) is 26.1 Å². The Morgan fingerprint density at radius 1 is 1.29 bits per heavy atom. The maximum atomic E-state index is 12.1. The molecule has 2 N–H and O–H groups in total. The molecule has 0 amide bonds. The summed E-state index contributed by atoms with van der Waals surface area (Å²) in [6, 6.07) is 6.90. The number of imidazole rings is 1. The summed E-state index contributed by atoms with van der Waals surface area (Å²) in [7, 11) is 0. The molecule has 1 atom stereocenters. The highest BCUT2D eigenvalue weighted by atomic mass is 19.3. The molecule has 1 heterocycles. The minimum absolute atomic E-state index is 0.145. The van der Waals surface area contributed by atoms with E-state index in [-0.39, 0.29) is 5.75 Å². The fourth-order valence-corrected chi connectivity index (χ4v) is 1.83. The average Bonchev–Trinajstić information content (AvgIpc) is 2.94. The summed E-state index contributed by atoms with van der Waals surface area (Å²) in [5.74, 6) is 0.991. The Hall–Kier alpha value is -1.95. The number of benzene rings is 1. The van der Waals surface area contributed by atoms with Gasteiger partial charge in [0.2, 0.25) is 0 Å². The molecule has 114 valence electrons. The maximum absolute atomic E-state index is 12.1. The van der Waals surface area contributed by atoms with E-state index in [1.165, 1.54) is 12.1 Å². The summed E-state index contributed by atoms with van der Waals surface area (Å²) < 4.78 is 28.5. The van der Waals surface area contributed by atoms with Crippen LogP contribution in [0.2, 0.25) is 0 Å². The standard InChI is InChI=1S/C15H19F2N3O/c1-3-10(2)18-9-14-19-8-13(20-14)11-4-6-12(7-5-11)21-15(16)17/h4-8,10,15,18H,3,9H2,1-2H3,(H,19,20). The van der Waals surface area contributed by atoms with Crippen molar-refractivity contribution in [3.05, 3.63) is 36.3 Å². The first-order chi connectivity index (χ1) is 10.1. The predicted molar refractivity (Wildman–Crippen MR) is 77.2 cm³/mol. The molecule has 2 rings (SSSR count). The third kappa shape index (κ3) is 4.53. The molecule has 2 aromatic rings. The van der Waals surface area contributed by atoms with E-state index in [1.807, 2.05) is 0 Å². The Balaban J connectivity index is 2.00. The number of alkyl halides is 2. The van der Waals surface area contributed by atoms with E-state index in [2.05, 4.69) is 33.9 Å². The molecule has 1 aromatic heterocycles. The fourth-order valence-electron chi connectivity index (χ4n) is 1.83. The lowest BCUT2D eigenvalue weighted by Gasteiger charge is -2.09. The van der Waals surface area contributed by atoms with Gasteiger partial charge in [0.1, 0.15) is 11.6 Å². The summed E-state index contributed by atoms with van der Waals surface area (Å²) in [5, 5.41) is 3.35. The molecule has 0 saturated heterocycles. The van der Waals surface area contributed by atoms with Gasteiger partial charge >= 0.3 is 6.61 Å². The first-order valence-electron chi connectivity index (χ1n) is 6.91. The Morgan fingerprint density at radius 2 is 2.00 bits per heavy atom. The van der Waals surface area contributed by atoms with Crippen molar-refractivity contribution in [2.75, 3.05) is 0 Å². The topological polar surface area (TPSA) is 49.9 Å². The summed E-state index contributed by atoms with van der Waals surface area (Å²) in [5.41, 5.74) is 1.72. The lowest BCUT2D eigenvalue weighted by atomic mass is 10.2. The molecule has 0 spiro atoms. The van der Waals surface area contributed by atoms with Gasteiger partial charge in [0.25, 0.3) is 0 Å². The van der Waals surface area contributed by atoms with Crippen molar-refractivity contribution < 1.29 is 13.5 Å². The van der Waals surface area contributed by atoms with Gasteiger partial charge in [-0.1, -0.05) is 6.92 Å². The number of hydrogen-bond acceptors (Lipinski definition) is 3. The van der Waals surface area contributed by atoms with E-state index < -0.39 is 6.61 Å². The first-order valence-corrected chi connectivity index (χ1v) is 6.91. The monoisotopic (exact) mass is 295 g/mol. The molecule has 0 saturated carbocycles. The van der Waals surface area contributed by atoms with Gasteiger partial charge in [-0.25, -0.2) is 4.98 Å². The van der Waals surface area contributed by atoms with Crippen molar-refractivity contribution in [3.8, 4) is 17.0 Å². The Kier molecular flexibility index (Phi) is 5.27. The van der Waals surface area contributed by atoms with Crippen molar-refractivity contribution in [3.63, 3.8) is 0 Å². The number of H-pyrrole nitrogens is 1. The number of aromatic nitrogens is 2. The van der Waals surface area contributed by atoms with Gasteiger partial charge in [0.05, 0.1) is 18.4 Å². The van der Waals surface area contributed by atoms with E-state index in [1.54, 1.807) is 18.3 Å². The van der Waals surface area contributed by atoms with Crippen LogP contribution in [0.3, 0.4) is 0 Å². The van der Waals surface area contributed by atoms with Crippen molar-refractivity contribution in [1.82, 2.24) is 15.3 Å². The van der Waals surface area contributed by atoms with E-state index in [0.717, 1.165) is 23.5 Å². The van der Waals surface area contributed by atoms with Gasteiger partial charge in [-0.2, -0.15) is 8.78 Å². The molecule has 6 heteroatoms. The second-order valence-corrected chi connectivity index (χ2v) is 4.84. The minimum Gasteiger partial charge on any atom is -0.435 e. The van der Waals surface area contributed by atoms with Crippen molar-refractivity contribution >= 4 is 0 Å². The molecule has 1 unspecified atom stereocenters. The molecular weight excluding hydrogens is 276 g/mol. The van der Waals surface area contributed by atoms with Crippen LogP contribution in [0.15, 0.2) is 30.5 Å². The molecule has 0 fully saturated rings. The number of ether oxygens (including phenoxy) is 1. The number of halogens is 2. The van der Waals surface area contributed by atoms with E-state index >= 15 is 0 Å². The van der Waals surface area contributed by atoms with E-state index in [4.69, 9.17) is 0 Å². The first kappa shape index (κ1) is 15.4. The maximum Gasteiger partial charge on any atom is 0.387 e. The highest BCUT2D eigenvalue weighted by Gasteiger charge is 2.07. The zero-order valence-electron chi connectivity index (χ0n) is 12.1. The van der Waals surface area contributed by atoms with Gasteiger partial charge in [-0.3, -0.25) is 0 Å². The van der Waals surface area contributed by atoms with Gasteiger partial charge in [0, 0.05) is 6.04 Å². The number of rotatable bonds is 7. The van der Waals surface area contributed by atoms with Crippen LogP contribution in [0.25, 0.3) is 11.3 Å². The molecule has 0 aliphatic rings. The minimum atomic E-state index is -2.80. The fraction of sp³-hybridized carbons (Fsp3) is 0.400. The van der Waals surface area contributed by atoms with Crippen LogP contribution in [-0.4, -0.2) is 22.6 Å². The van der Waals surface area contributed by atoms with E-state index in [0.29, 0.717) is 12.6 Å². The van der Waals surface area contributed by atoms with Gasteiger partial charge in [0.15, 0.2) is 0 Å². The quantitative estimate of drug-likeness (QED) is 0.821. The van der Waals surface area contributed by atoms with Crippen LogP contribution < -0.4 is 10.1 Å². The number of nitrogens with one attached hydrogen (secondary N) is 2. The third-order valence-electron chi connectivity index (χ3n) is 3.25. The summed E-state index contributed by atoms with van der Waals surface area (Å²) in [6.07, 6.45) is 2.79. The van der Waals surface area contributed by atoms with Crippen LogP contribution >= 0.6 is 0 Å². The lowest BCUT2D eigenvalue weighted by Crippen LogP contribution is -2.24. The normalized spacial score (nSPS) is 12.6. The Labute approximate surface area is 122 Å². The second-order valence-electron chi connectivity index (χ2n) is 4.84. The Morgan fingerprint density at radius 3 is 2.62 bits per heavy atom. The average molecular weight is 295 g/mol.